The molecule has 2 aliphatic heterocycles. The van der Waals surface area contributed by atoms with E-state index in [-0.39, 0.29) is 18.0 Å². The molecule has 28 heavy (non-hydrogen) atoms. The van der Waals surface area contributed by atoms with Crippen LogP contribution in [0.5, 0.6) is 5.75 Å². The van der Waals surface area contributed by atoms with E-state index in [2.05, 4.69) is 10.2 Å². The topological polar surface area (TPSA) is 108 Å². The normalized spacial score (nSPS) is 20.9. The van der Waals surface area contributed by atoms with Gasteiger partial charge in [0.25, 0.3) is 0 Å². The van der Waals surface area contributed by atoms with Crippen LogP contribution in [-0.4, -0.2) is 67.6 Å². The first-order valence-electron chi connectivity index (χ1n) is 8.58. The zero-order valence-electron chi connectivity index (χ0n) is 15.2. The fourth-order valence-electron chi connectivity index (χ4n) is 3.12. The summed E-state index contributed by atoms with van der Waals surface area (Å²) in [6, 6.07) is 3.14. The number of nitrogens with zero attached hydrogens (tertiary/aromatic N) is 1. The van der Waals surface area contributed by atoms with Crippen molar-refractivity contribution in [2.24, 2.45) is 0 Å². The van der Waals surface area contributed by atoms with E-state index in [9.17, 15) is 14.0 Å². The predicted molar refractivity (Wildman–Crippen MR) is 101 cm³/mol. The number of aliphatic carboxylic acids is 2. The third kappa shape index (κ3) is 5.82. The van der Waals surface area contributed by atoms with E-state index < -0.39 is 11.9 Å². The lowest BCUT2D eigenvalue weighted by atomic mass is 10.1. The molecule has 0 aliphatic carbocycles. The number of benzene rings is 1. The van der Waals surface area contributed by atoms with Crippen molar-refractivity contribution in [2.45, 2.75) is 18.6 Å². The summed E-state index contributed by atoms with van der Waals surface area (Å²) in [5.41, 5.74) is 0.489. The molecule has 0 radical (unpaired) electrons. The SMILES string of the molecule is COC[C@@H]1C[C@@H]2CNCCN2c2c(F)ccc(Cl)c2O1.O=C(O)/C=C/C(=O)O. The highest BCUT2D eigenvalue weighted by atomic mass is 35.5. The van der Waals surface area contributed by atoms with E-state index in [1.165, 1.54) is 6.07 Å². The number of halogens is 2. The Morgan fingerprint density at radius 2 is 2.07 bits per heavy atom. The van der Waals surface area contributed by atoms with E-state index >= 15 is 0 Å². The van der Waals surface area contributed by atoms with E-state index in [0.29, 0.717) is 35.2 Å². The number of anilines is 1. The molecule has 1 aromatic rings. The molecule has 1 aromatic carbocycles. The van der Waals surface area contributed by atoms with Crippen LogP contribution < -0.4 is 15.0 Å². The lowest BCUT2D eigenvalue weighted by Gasteiger charge is -2.37. The van der Waals surface area contributed by atoms with Crippen molar-refractivity contribution in [3.63, 3.8) is 0 Å². The van der Waals surface area contributed by atoms with Gasteiger partial charge in [-0.2, -0.15) is 0 Å². The van der Waals surface area contributed by atoms with Gasteiger partial charge in [0.1, 0.15) is 17.6 Å². The fraction of sp³-hybridized carbons (Fsp3) is 0.444. The molecule has 0 spiro atoms. The van der Waals surface area contributed by atoms with Crippen LogP contribution in [0.3, 0.4) is 0 Å². The summed E-state index contributed by atoms with van der Waals surface area (Å²) in [5, 5.41) is 19.4. The Morgan fingerprint density at radius 1 is 1.39 bits per heavy atom. The number of rotatable bonds is 4. The lowest BCUT2D eigenvalue weighted by molar-refractivity contribution is -0.134. The van der Waals surface area contributed by atoms with Gasteiger partial charge >= 0.3 is 11.9 Å². The molecule has 2 aliphatic rings. The third-order valence-corrected chi connectivity index (χ3v) is 4.51. The number of hydrogen-bond acceptors (Lipinski definition) is 6. The van der Waals surface area contributed by atoms with Crippen LogP contribution in [-0.2, 0) is 14.3 Å². The van der Waals surface area contributed by atoms with Crippen LogP contribution in [0, 0.1) is 5.82 Å². The van der Waals surface area contributed by atoms with Crippen molar-refractivity contribution in [3.05, 3.63) is 35.1 Å². The maximum atomic E-state index is 14.3. The number of carboxylic acid groups (broad SMARTS) is 2. The van der Waals surface area contributed by atoms with Gasteiger partial charge in [-0.05, 0) is 12.1 Å². The number of carboxylic acids is 2. The first kappa shape index (κ1) is 21.9. The van der Waals surface area contributed by atoms with Crippen molar-refractivity contribution in [1.29, 1.82) is 0 Å². The molecule has 2 heterocycles. The monoisotopic (exact) mass is 416 g/mol. The van der Waals surface area contributed by atoms with Gasteiger partial charge in [-0.1, -0.05) is 11.6 Å². The van der Waals surface area contributed by atoms with E-state index in [4.69, 9.17) is 31.3 Å². The first-order chi connectivity index (χ1) is 13.3. The van der Waals surface area contributed by atoms with Crippen LogP contribution in [0.4, 0.5) is 10.1 Å². The van der Waals surface area contributed by atoms with Crippen LogP contribution in [0.15, 0.2) is 24.3 Å². The highest BCUT2D eigenvalue weighted by Crippen LogP contribution is 2.42. The van der Waals surface area contributed by atoms with Crippen LogP contribution in [0.1, 0.15) is 6.42 Å². The minimum Gasteiger partial charge on any atom is -0.484 e. The molecule has 0 amide bonds. The average molecular weight is 417 g/mol. The van der Waals surface area contributed by atoms with Crippen molar-refractivity contribution in [2.75, 3.05) is 38.3 Å². The maximum absolute atomic E-state index is 14.3. The first-order valence-corrected chi connectivity index (χ1v) is 8.96. The fourth-order valence-corrected chi connectivity index (χ4v) is 3.31. The van der Waals surface area contributed by atoms with Crippen molar-refractivity contribution in [3.8, 4) is 5.75 Å². The molecular weight excluding hydrogens is 395 g/mol. The Hall–Kier alpha value is -2.36. The molecule has 2 atom stereocenters. The van der Waals surface area contributed by atoms with Gasteiger partial charge in [0.15, 0.2) is 5.75 Å². The smallest absolute Gasteiger partial charge is 0.328 e. The molecule has 8 nitrogen and oxygen atoms in total. The second-order valence-corrected chi connectivity index (χ2v) is 6.61. The van der Waals surface area contributed by atoms with E-state index in [1.54, 1.807) is 13.2 Å². The molecule has 1 saturated heterocycles. The Balaban J connectivity index is 0.000000300. The van der Waals surface area contributed by atoms with Gasteiger partial charge in [-0.15, -0.1) is 0 Å². The summed E-state index contributed by atoms with van der Waals surface area (Å²) in [7, 11) is 1.64. The predicted octanol–water partition coefficient (Wildman–Crippen LogP) is 1.77. The third-order valence-electron chi connectivity index (χ3n) is 4.21. The van der Waals surface area contributed by atoms with Gasteiger partial charge in [-0.3, -0.25) is 0 Å². The van der Waals surface area contributed by atoms with E-state index in [1.807, 2.05) is 0 Å². The van der Waals surface area contributed by atoms with Gasteiger partial charge in [-0.25, -0.2) is 14.0 Å². The quantitative estimate of drug-likeness (QED) is 0.637. The number of carbonyl (C=O) groups is 2. The maximum Gasteiger partial charge on any atom is 0.328 e. The highest BCUT2D eigenvalue weighted by Gasteiger charge is 2.35. The molecule has 0 aromatic heterocycles. The second kappa shape index (κ2) is 10.3. The molecule has 3 rings (SSSR count). The van der Waals surface area contributed by atoms with E-state index in [0.717, 1.165) is 26.1 Å². The standard InChI is InChI=1S/C14H18ClFN2O2.C4H4O4/c1-19-8-10-6-9-7-17-4-5-18(9)13-12(16)3-2-11(15)14(13)20-10;5-3(6)1-2-4(7)8/h2-3,9-10,17H,4-8H2,1H3;1-2H,(H,5,6)(H,7,8)/b;2-1+/t9-,10+;/m1./s1. The molecular formula is C18H22ClFN2O6. The average Bonchev–Trinajstić information content (AvgIpc) is 2.81. The molecule has 10 heteroatoms. The van der Waals surface area contributed by atoms with Crippen LogP contribution in [0.2, 0.25) is 5.02 Å². The summed E-state index contributed by atoms with van der Waals surface area (Å²) in [4.78, 5) is 21.2. The summed E-state index contributed by atoms with van der Waals surface area (Å²) in [5.74, 6) is -2.35. The van der Waals surface area contributed by atoms with Crippen molar-refractivity contribution >= 4 is 29.2 Å². The lowest BCUT2D eigenvalue weighted by Crippen LogP contribution is -2.52. The zero-order chi connectivity index (χ0) is 20.7. The molecule has 3 N–H and O–H groups in total. The van der Waals surface area contributed by atoms with Crippen molar-refractivity contribution in [1.82, 2.24) is 5.32 Å². The molecule has 154 valence electrons. The molecule has 0 unspecified atom stereocenters. The minimum atomic E-state index is -1.26. The van der Waals surface area contributed by atoms with Crippen LogP contribution in [0.25, 0.3) is 0 Å². The Kier molecular flexibility index (Phi) is 8.04. The zero-order valence-corrected chi connectivity index (χ0v) is 16.0. The minimum absolute atomic E-state index is 0.118. The number of fused-ring (bicyclic) bond motifs is 3. The summed E-state index contributed by atoms with van der Waals surface area (Å²) < 4.78 is 25.4. The van der Waals surface area contributed by atoms with Crippen molar-refractivity contribution < 1.29 is 33.7 Å². The van der Waals surface area contributed by atoms with Gasteiger partial charge < -0.3 is 29.9 Å². The number of methoxy groups -OCH3 is 1. The summed E-state index contributed by atoms with van der Waals surface area (Å²) in [6.07, 6.45) is 1.78. The van der Waals surface area contributed by atoms with Gasteiger partial charge in [0, 0.05) is 51.4 Å². The summed E-state index contributed by atoms with van der Waals surface area (Å²) >= 11 is 6.21. The number of ether oxygens (including phenoxy) is 2. The molecule has 1 fully saturated rings. The summed E-state index contributed by atoms with van der Waals surface area (Å²) in [6.45, 7) is 2.86. The Bertz CT molecular complexity index is 729. The molecule has 0 saturated carbocycles. The largest absolute Gasteiger partial charge is 0.484 e. The number of nitrogens with one attached hydrogen (secondary N) is 1. The Morgan fingerprint density at radius 3 is 2.68 bits per heavy atom. The number of hydrogen-bond donors (Lipinski definition) is 3. The highest BCUT2D eigenvalue weighted by molar-refractivity contribution is 6.32. The van der Waals surface area contributed by atoms with Gasteiger partial charge in [0.05, 0.1) is 11.6 Å². The van der Waals surface area contributed by atoms with Gasteiger partial charge in [0.2, 0.25) is 0 Å². The van der Waals surface area contributed by atoms with Crippen LogP contribution >= 0.6 is 11.6 Å². The molecule has 0 bridgehead atoms. The number of piperazine rings is 1. The Labute approximate surface area is 166 Å². The second-order valence-electron chi connectivity index (χ2n) is 6.20.